The summed E-state index contributed by atoms with van der Waals surface area (Å²) in [6, 6.07) is 1.61. The molecule has 0 saturated heterocycles. The number of aromatic hydroxyl groups is 2. The Morgan fingerprint density at radius 2 is 1.96 bits per heavy atom. The van der Waals surface area contributed by atoms with Gasteiger partial charge in [-0.25, -0.2) is 0 Å². The Labute approximate surface area is 152 Å². The van der Waals surface area contributed by atoms with Gasteiger partial charge in [-0.2, -0.15) is 18.2 Å². The van der Waals surface area contributed by atoms with Gasteiger partial charge in [0.15, 0.2) is 11.2 Å². The van der Waals surface area contributed by atoms with Crippen LogP contribution < -0.4 is 5.43 Å². The van der Waals surface area contributed by atoms with Crippen LogP contribution in [0.1, 0.15) is 11.3 Å². The third kappa shape index (κ3) is 3.13. The molecule has 0 aliphatic rings. The van der Waals surface area contributed by atoms with Crippen molar-refractivity contribution in [2.45, 2.75) is 13.1 Å². The van der Waals surface area contributed by atoms with Gasteiger partial charge in [0.1, 0.15) is 5.69 Å². The van der Waals surface area contributed by atoms with Crippen molar-refractivity contribution in [1.29, 1.82) is 0 Å². The summed E-state index contributed by atoms with van der Waals surface area (Å²) in [6.45, 7) is 1.28. The SMILES string of the molecule is Cc1c[nH]c(C(F)(F)F)c(-c2noc(-c3cc(O)c(O)c([N+](=O)[O-])c3)n2)c1=O. The fourth-order valence-electron chi connectivity index (χ4n) is 2.37. The molecule has 0 saturated carbocycles. The molecule has 0 radical (unpaired) electrons. The summed E-state index contributed by atoms with van der Waals surface area (Å²) in [5.41, 5.74) is -4.45. The summed E-state index contributed by atoms with van der Waals surface area (Å²) in [7, 11) is 0. The molecule has 0 unspecified atom stereocenters. The number of phenolic OH excluding ortho intramolecular Hbond substituents is 2. The van der Waals surface area contributed by atoms with Crippen molar-refractivity contribution >= 4 is 5.69 Å². The summed E-state index contributed by atoms with van der Waals surface area (Å²) in [4.78, 5) is 27.8. The van der Waals surface area contributed by atoms with E-state index in [9.17, 15) is 38.3 Å². The Bertz CT molecular complexity index is 1150. The van der Waals surface area contributed by atoms with Gasteiger partial charge in [-0.05, 0) is 13.0 Å². The van der Waals surface area contributed by atoms with Crippen molar-refractivity contribution in [3.8, 4) is 34.3 Å². The van der Waals surface area contributed by atoms with E-state index in [0.717, 1.165) is 18.3 Å². The number of aromatic amines is 1. The Balaban J connectivity index is 2.19. The number of aryl methyl sites for hydroxylation is 1. The van der Waals surface area contributed by atoms with Crippen molar-refractivity contribution in [1.82, 2.24) is 15.1 Å². The lowest BCUT2D eigenvalue weighted by Gasteiger charge is -2.10. The number of H-pyrrole nitrogens is 1. The molecule has 0 spiro atoms. The average molecular weight is 398 g/mol. The average Bonchev–Trinajstić information content (AvgIpc) is 3.07. The lowest BCUT2D eigenvalue weighted by atomic mass is 10.1. The van der Waals surface area contributed by atoms with Gasteiger partial charge in [0.05, 0.1) is 16.1 Å². The van der Waals surface area contributed by atoms with Crippen LogP contribution in [0.5, 0.6) is 11.5 Å². The quantitative estimate of drug-likeness (QED) is 0.345. The van der Waals surface area contributed by atoms with Gasteiger partial charge in [0, 0.05) is 17.8 Å². The van der Waals surface area contributed by atoms with E-state index in [0.29, 0.717) is 0 Å². The standard InChI is InChI=1S/C15H9F3N4O6/c1-5-4-19-12(15(16,17)18)9(10(5)24)13-20-14(28-21-13)6-2-7(22(26)27)11(25)8(23)3-6/h2-4,23,25H,1H3,(H,19,24). The number of phenols is 2. The fourth-order valence-corrected chi connectivity index (χ4v) is 2.37. The minimum atomic E-state index is -4.92. The minimum absolute atomic E-state index is 0.0349. The molecule has 146 valence electrons. The molecule has 2 heterocycles. The molecule has 28 heavy (non-hydrogen) atoms. The van der Waals surface area contributed by atoms with Crippen LogP contribution in [0.4, 0.5) is 18.9 Å². The first kappa shape index (κ1) is 18.9. The lowest BCUT2D eigenvalue weighted by molar-refractivity contribution is -0.385. The number of nitrogens with one attached hydrogen (secondary N) is 1. The van der Waals surface area contributed by atoms with Gasteiger partial charge < -0.3 is 19.7 Å². The molecular weight excluding hydrogens is 389 g/mol. The number of rotatable bonds is 3. The number of halogens is 3. The zero-order valence-corrected chi connectivity index (χ0v) is 13.7. The topological polar surface area (TPSA) is 155 Å². The normalized spacial score (nSPS) is 11.6. The van der Waals surface area contributed by atoms with Gasteiger partial charge in [0.2, 0.25) is 11.6 Å². The molecule has 3 rings (SSSR count). The maximum atomic E-state index is 13.2. The third-order valence-electron chi connectivity index (χ3n) is 3.71. The Hall–Kier alpha value is -3.90. The number of nitro benzene ring substituents is 1. The highest BCUT2D eigenvalue weighted by Crippen LogP contribution is 2.39. The first-order valence-electron chi connectivity index (χ1n) is 7.35. The Morgan fingerprint density at radius 3 is 2.57 bits per heavy atom. The van der Waals surface area contributed by atoms with Crippen LogP contribution in [0.2, 0.25) is 0 Å². The number of aromatic nitrogens is 3. The number of pyridine rings is 1. The summed E-state index contributed by atoms with van der Waals surface area (Å²) < 4.78 is 44.5. The van der Waals surface area contributed by atoms with Crippen LogP contribution >= 0.6 is 0 Å². The van der Waals surface area contributed by atoms with E-state index in [1.807, 2.05) is 4.98 Å². The number of alkyl halides is 3. The van der Waals surface area contributed by atoms with Crippen molar-refractivity contribution in [3.05, 3.63) is 49.9 Å². The van der Waals surface area contributed by atoms with Gasteiger partial charge in [-0.15, -0.1) is 0 Å². The van der Waals surface area contributed by atoms with E-state index >= 15 is 0 Å². The largest absolute Gasteiger partial charge is 0.504 e. The maximum absolute atomic E-state index is 13.2. The Kier molecular flexibility index (Phi) is 4.29. The van der Waals surface area contributed by atoms with E-state index in [-0.39, 0.29) is 11.1 Å². The van der Waals surface area contributed by atoms with Gasteiger partial charge in [-0.1, -0.05) is 5.16 Å². The first-order chi connectivity index (χ1) is 13.0. The van der Waals surface area contributed by atoms with Crippen LogP contribution in [-0.4, -0.2) is 30.3 Å². The smallest absolute Gasteiger partial charge is 0.432 e. The van der Waals surface area contributed by atoms with Crippen molar-refractivity contribution in [3.63, 3.8) is 0 Å². The number of nitrogens with zero attached hydrogens (tertiary/aromatic N) is 3. The lowest BCUT2D eigenvalue weighted by Crippen LogP contribution is -2.19. The summed E-state index contributed by atoms with van der Waals surface area (Å²) in [6.07, 6.45) is -4.03. The molecule has 13 heteroatoms. The van der Waals surface area contributed by atoms with Crippen LogP contribution in [0.3, 0.4) is 0 Å². The number of hydrogen-bond acceptors (Lipinski definition) is 8. The minimum Gasteiger partial charge on any atom is -0.504 e. The highest BCUT2D eigenvalue weighted by Gasteiger charge is 2.38. The van der Waals surface area contributed by atoms with Crippen LogP contribution in [0.25, 0.3) is 22.8 Å². The number of benzene rings is 1. The second-order valence-corrected chi connectivity index (χ2v) is 5.59. The summed E-state index contributed by atoms with van der Waals surface area (Å²) >= 11 is 0. The highest BCUT2D eigenvalue weighted by atomic mass is 19.4. The van der Waals surface area contributed by atoms with Crippen molar-refractivity contribution < 1.29 is 32.8 Å². The zero-order chi connectivity index (χ0) is 20.8. The van der Waals surface area contributed by atoms with Gasteiger partial charge in [-0.3, -0.25) is 14.9 Å². The third-order valence-corrected chi connectivity index (χ3v) is 3.71. The van der Waals surface area contributed by atoms with Crippen LogP contribution in [0, 0.1) is 17.0 Å². The predicted octanol–water partition coefficient (Wildman–Crippen LogP) is 2.74. The number of hydrogen-bond donors (Lipinski definition) is 3. The maximum Gasteiger partial charge on any atom is 0.432 e. The monoisotopic (exact) mass is 398 g/mol. The molecule has 3 aromatic rings. The predicted molar refractivity (Wildman–Crippen MR) is 85.5 cm³/mol. The molecular formula is C15H9F3N4O6. The van der Waals surface area contributed by atoms with Crippen LogP contribution in [-0.2, 0) is 6.18 Å². The van der Waals surface area contributed by atoms with Gasteiger partial charge >= 0.3 is 11.9 Å². The van der Waals surface area contributed by atoms with E-state index in [4.69, 9.17) is 4.52 Å². The Morgan fingerprint density at radius 1 is 1.29 bits per heavy atom. The molecule has 1 aromatic carbocycles. The van der Waals surface area contributed by atoms with E-state index in [1.165, 1.54) is 6.92 Å². The van der Waals surface area contributed by atoms with Crippen LogP contribution in [0.15, 0.2) is 27.6 Å². The van der Waals surface area contributed by atoms with E-state index < -0.39 is 56.7 Å². The zero-order valence-electron chi connectivity index (χ0n) is 13.7. The molecule has 10 nitrogen and oxygen atoms in total. The molecule has 0 atom stereocenters. The molecule has 3 N–H and O–H groups in total. The molecule has 0 aliphatic heterocycles. The van der Waals surface area contributed by atoms with Gasteiger partial charge in [0.25, 0.3) is 5.89 Å². The second kappa shape index (κ2) is 6.37. The van der Waals surface area contributed by atoms with Crippen molar-refractivity contribution in [2.75, 3.05) is 0 Å². The molecule has 0 amide bonds. The summed E-state index contributed by atoms with van der Waals surface area (Å²) in [5.74, 6) is -3.11. The summed E-state index contributed by atoms with van der Waals surface area (Å²) in [5, 5.41) is 33.3. The first-order valence-corrected chi connectivity index (χ1v) is 7.35. The van der Waals surface area contributed by atoms with E-state index in [2.05, 4.69) is 10.1 Å². The second-order valence-electron chi connectivity index (χ2n) is 5.59. The van der Waals surface area contributed by atoms with Crippen molar-refractivity contribution in [2.24, 2.45) is 0 Å². The number of nitro groups is 1. The molecule has 0 bridgehead atoms. The molecule has 0 fully saturated rings. The molecule has 2 aromatic heterocycles. The molecule has 0 aliphatic carbocycles. The highest BCUT2D eigenvalue weighted by molar-refractivity contribution is 5.69. The fraction of sp³-hybridized carbons (Fsp3) is 0.133. The van der Waals surface area contributed by atoms with E-state index in [1.54, 1.807) is 0 Å².